The summed E-state index contributed by atoms with van der Waals surface area (Å²) in [7, 11) is 1.78. The number of rotatable bonds is 1. The van der Waals surface area contributed by atoms with E-state index in [9.17, 15) is 4.79 Å². The third-order valence-corrected chi connectivity index (χ3v) is 1.98. The Hall–Kier alpha value is -0.570. The van der Waals surface area contributed by atoms with Crippen molar-refractivity contribution in [2.75, 3.05) is 20.2 Å². The number of carbonyl (C=O) groups excluding carboxylic acids is 1. The fourth-order valence-corrected chi connectivity index (χ4v) is 1.25. The number of likely N-dealkylation sites (tertiary alicyclic amines) is 1. The van der Waals surface area contributed by atoms with Gasteiger partial charge in [0.15, 0.2) is 0 Å². The van der Waals surface area contributed by atoms with Crippen molar-refractivity contribution in [3.8, 4) is 0 Å². The highest BCUT2D eigenvalue weighted by molar-refractivity contribution is 5.76. The van der Waals surface area contributed by atoms with Gasteiger partial charge in [-0.1, -0.05) is 0 Å². The van der Waals surface area contributed by atoms with E-state index in [-0.39, 0.29) is 12.5 Å². The van der Waals surface area contributed by atoms with Gasteiger partial charge < -0.3 is 10.0 Å². The molecular formula is C7H13NO2. The first-order chi connectivity index (χ1) is 4.74. The molecule has 1 fully saturated rings. The fraction of sp³-hybridized carbons (Fsp3) is 0.857. The number of hydrogen-bond donors (Lipinski definition) is 1. The van der Waals surface area contributed by atoms with Crippen LogP contribution in [-0.4, -0.2) is 36.1 Å². The zero-order valence-corrected chi connectivity index (χ0v) is 6.21. The fourth-order valence-electron chi connectivity index (χ4n) is 1.25. The summed E-state index contributed by atoms with van der Waals surface area (Å²) in [4.78, 5) is 12.6. The standard InChI is InChI=1S/C7H13NO2/c1-8-4-6(5-9)2-3-7(8)10/h6,9H,2-5H2,1H3/t6-/m1/s1. The third-order valence-electron chi connectivity index (χ3n) is 1.98. The number of aliphatic hydroxyl groups excluding tert-OH is 1. The molecule has 3 heteroatoms. The molecule has 1 N–H and O–H groups in total. The first-order valence-electron chi connectivity index (χ1n) is 3.59. The molecule has 1 rings (SSSR count). The first kappa shape index (κ1) is 7.54. The molecule has 0 spiro atoms. The van der Waals surface area contributed by atoms with Crippen LogP contribution in [0.3, 0.4) is 0 Å². The van der Waals surface area contributed by atoms with E-state index in [1.54, 1.807) is 11.9 Å². The Kier molecular flexibility index (Phi) is 2.27. The Morgan fingerprint density at radius 1 is 1.80 bits per heavy atom. The van der Waals surface area contributed by atoms with E-state index in [2.05, 4.69) is 0 Å². The number of carbonyl (C=O) groups is 1. The van der Waals surface area contributed by atoms with Crippen molar-refractivity contribution in [3.05, 3.63) is 0 Å². The Labute approximate surface area is 60.6 Å². The van der Waals surface area contributed by atoms with Crippen LogP contribution in [0.15, 0.2) is 0 Å². The molecule has 0 aromatic carbocycles. The van der Waals surface area contributed by atoms with Gasteiger partial charge in [0.1, 0.15) is 0 Å². The van der Waals surface area contributed by atoms with E-state index >= 15 is 0 Å². The molecule has 0 aromatic rings. The van der Waals surface area contributed by atoms with E-state index in [1.807, 2.05) is 0 Å². The number of amides is 1. The van der Waals surface area contributed by atoms with Gasteiger partial charge in [-0.05, 0) is 6.42 Å². The summed E-state index contributed by atoms with van der Waals surface area (Å²) in [5.41, 5.74) is 0. The second-order valence-corrected chi connectivity index (χ2v) is 2.86. The Balaban J connectivity index is 2.40. The van der Waals surface area contributed by atoms with Gasteiger partial charge in [0.2, 0.25) is 5.91 Å². The monoisotopic (exact) mass is 143 g/mol. The zero-order valence-electron chi connectivity index (χ0n) is 6.21. The predicted octanol–water partition coefficient (Wildman–Crippen LogP) is -0.153. The summed E-state index contributed by atoms with van der Waals surface area (Å²) in [5, 5.41) is 8.76. The van der Waals surface area contributed by atoms with E-state index < -0.39 is 0 Å². The topological polar surface area (TPSA) is 40.5 Å². The van der Waals surface area contributed by atoms with Crippen molar-refractivity contribution in [3.63, 3.8) is 0 Å². The second kappa shape index (κ2) is 3.01. The molecule has 10 heavy (non-hydrogen) atoms. The molecule has 58 valence electrons. The van der Waals surface area contributed by atoms with E-state index in [0.29, 0.717) is 12.3 Å². The van der Waals surface area contributed by atoms with Crippen molar-refractivity contribution in [1.82, 2.24) is 4.90 Å². The molecule has 1 heterocycles. The SMILES string of the molecule is CN1C[C@H](CO)CCC1=O. The molecule has 0 radical (unpaired) electrons. The minimum Gasteiger partial charge on any atom is -0.396 e. The summed E-state index contributed by atoms with van der Waals surface area (Å²) < 4.78 is 0. The average molecular weight is 143 g/mol. The van der Waals surface area contributed by atoms with Gasteiger partial charge in [0.05, 0.1) is 0 Å². The average Bonchev–Trinajstić information content (AvgIpc) is 1.95. The Morgan fingerprint density at radius 2 is 2.50 bits per heavy atom. The van der Waals surface area contributed by atoms with Gasteiger partial charge in [-0.15, -0.1) is 0 Å². The van der Waals surface area contributed by atoms with Gasteiger partial charge >= 0.3 is 0 Å². The molecule has 0 unspecified atom stereocenters. The zero-order chi connectivity index (χ0) is 7.56. The maximum Gasteiger partial charge on any atom is 0.222 e. The Morgan fingerprint density at radius 3 is 3.00 bits per heavy atom. The van der Waals surface area contributed by atoms with E-state index in [4.69, 9.17) is 5.11 Å². The van der Waals surface area contributed by atoms with E-state index in [1.165, 1.54) is 0 Å². The van der Waals surface area contributed by atoms with Gasteiger partial charge in [-0.2, -0.15) is 0 Å². The quantitative estimate of drug-likeness (QED) is 0.554. The smallest absolute Gasteiger partial charge is 0.222 e. The van der Waals surface area contributed by atoms with Crippen LogP contribution in [-0.2, 0) is 4.79 Å². The van der Waals surface area contributed by atoms with Crippen LogP contribution in [0.5, 0.6) is 0 Å². The normalized spacial score (nSPS) is 27.2. The van der Waals surface area contributed by atoms with Crippen LogP contribution in [0.2, 0.25) is 0 Å². The maximum atomic E-state index is 10.9. The van der Waals surface area contributed by atoms with Crippen molar-refractivity contribution in [2.45, 2.75) is 12.8 Å². The molecule has 0 aromatic heterocycles. The van der Waals surface area contributed by atoms with Crippen molar-refractivity contribution in [2.24, 2.45) is 5.92 Å². The molecular weight excluding hydrogens is 130 g/mol. The molecule has 0 saturated carbocycles. The Bertz CT molecular complexity index is 136. The lowest BCUT2D eigenvalue weighted by atomic mass is 9.99. The summed E-state index contributed by atoms with van der Waals surface area (Å²) in [5.74, 6) is 0.507. The van der Waals surface area contributed by atoms with Crippen LogP contribution in [0.4, 0.5) is 0 Å². The second-order valence-electron chi connectivity index (χ2n) is 2.86. The lowest BCUT2D eigenvalue weighted by Crippen LogP contribution is -2.38. The van der Waals surface area contributed by atoms with E-state index in [0.717, 1.165) is 13.0 Å². The molecule has 0 bridgehead atoms. The molecule has 1 aliphatic rings. The minimum absolute atomic E-state index is 0.199. The van der Waals surface area contributed by atoms with Gasteiger partial charge in [0, 0.05) is 32.5 Å². The van der Waals surface area contributed by atoms with Crippen molar-refractivity contribution < 1.29 is 9.90 Å². The highest BCUT2D eigenvalue weighted by atomic mass is 16.3. The predicted molar refractivity (Wildman–Crippen MR) is 37.4 cm³/mol. The molecule has 1 atom stereocenters. The van der Waals surface area contributed by atoms with Crippen LogP contribution in [0.1, 0.15) is 12.8 Å². The number of nitrogens with zero attached hydrogens (tertiary/aromatic N) is 1. The lowest BCUT2D eigenvalue weighted by Gasteiger charge is -2.28. The maximum absolute atomic E-state index is 10.9. The minimum atomic E-state index is 0.199. The molecule has 3 nitrogen and oxygen atoms in total. The lowest BCUT2D eigenvalue weighted by molar-refractivity contribution is -0.133. The summed E-state index contributed by atoms with van der Waals surface area (Å²) >= 11 is 0. The molecule has 1 aliphatic heterocycles. The van der Waals surface area contributed by atoms with Gasteiger partial charge in [-0.25, -0.2) is 0 Å². The van der Waals surface area contributed by atoms with Crippen molar-refractivity contribution >= 4 is 5.91 Å². The number of aliphatic hydroxyl groups is 1. The van der Waals surface area contributed by atoms with Crippen LogP contribution in [0.25, 0.3) is 0 Å². The highest BCUT2D eigenvalue weighted by Gasteiger charge is 2.21. The largest absolute Gasteiger partial charge is 0.396 e. The van der Waals surface area contributed by atoms with Crippen LogP contribution >= 0.6 is 0 Å². The molecule has 1 amide bonds. The van der Waals surface area contributed by atoms with Crippen molar-refractivity contribution in [1.29, 1.82) is 0 Å². The third kappa shape index (κ3) is 1.48. The van der Waals surface area contributed by atoms with Crippen LogP contribution < -0.4 is 0 Å². The molecule has 0 aliphatic carbocycles. The number of piperidine rings is 1. The van der Waals surface area contributed by atoms with Gasteiger partial charge in [-0.3, -0.25) is 4.79 Å². The highest BCUT2D eigenvalue weighted by Crippen LogP contribution is 2.14. The first-order valence-corrected chi connectivity index (χ1v) is 3.59. The number of hydrogen-bond acceptors (Lipinski definition) is 2. The summed E-state index contributed by atoms with van der Waals surface area (Å²) in [6, 6.07) is 0. The molecule has 1 saturated heterocycles. The van der Waals surface area contributed by atoms with Crippen LogP contribution in [0, 0.1) is 5.92 Å². The van der Waals surface area contributed by atoms with Gasteiger partial charge in [0.25, 0.3) is 0 Å². The summed E-state index contributed by atoms with van der Waals surface area (Å²) in [6.07, 6.45) is 1.45. The summed E-state index contributed by atoms with van der Waals surface area (Å²) in [6.45, 7) is 0.924.